The standard InChI is InChI=1S/C39H36N2O6.C36H30N2O6/c1-23-5-13-27(14-6-23)46-28-15-7-24(8-16-28)39(2,3)25-9-17-29(18-10-25)47-30-19-11-26(12-20-30)41-37(44)33-21-31-32(22-34(33)38(41)45)36(43)40(4)35(31)42;1-21-3-11-25(12-4-21)43-26-13-5-22(6-14-26)23-7-15-27(16-8-23)44-28-17-9-24(10-18-28)38-35(41)31-19-29-30(20-32(31)36(38)42)34(40)37(2)33(29)39/h5-20,31-34H,21-22H2,1-4H3;3-18,29-32H,19-20H2,1-2H3. The molecule has 4 heterocycles. The van der Waals surface area contributed by atoms with E-state index < -0.39 is 47.3 Å². The van der Waals surface area contributed by atoms with Crippen molar-refractivity contribution in [1.82, 2.24) is 9.80 Å². The van der Waals surface area contributed by atoms with Gasteiger partial charge in [-0.25, -0.2) is 0 Å². The first-order chi connectivity index (χ1) is 43.8. The van der Waals surface area contributed by atoms with E-state index in [0.717, 1.165) is 55.1 Å². The van der Waals surface area contributed by atoms with Gasteiger partial charge in [-0.1, -0.05) is 97.8 Å². The Balaban J connectivity index is 0.000000167. The molecule has 0 spiro atoms. The van der Waals surface area contributed by atoms with Crippen LogP contribution in [0.15, 0.2) is 194 Å². The minimum Gasteiger partial charge on any atom is -0.457 e. The molecule has 0 N–H and O–H groups in total. The number of hydrogen-bond acceptors (Lipinski definition) is 12. The topological polar surface area (TPSA) is 186 Å². The average Bonchev–Trinajstić information content (AvgIpc) is 1.60. The molecule has 8 aromatic carbocycles. The van der Waals surface area contributed by atoms with Gasteiger partial charge in [0.15, 0.2) is 0 Å². The number of nitrogens with zero attached hydrogens (tertiary/aromatic N) is 4. The second-order valence-electron chi connectivity index (χ2n) is 25.0. The van der Waals surface area contributed by atoms with Gasteiger partial charge in [-0.05, 0) is 183 Å². The lowest BCUT2D eigenvalue weighted by atomic mass is 9.70. The number of rotatable bonds is 13. The van der Waals surface area contributed by atoms with E-state index in [9.17, 15) is 38.4 Å². The van der Waals surface area contributed by atoms with Crippen LogP contribution in [0.2, 0.25) is 0 Å². The minimum atomic E-state index is -0.587. The van der Waals surface area contributed by atoms with Crippen molar-refractivity contribution in [2.75, 3.05) is 23.9 Å². The second kappa shape index (κ2) is 23.8. The number of anilines is 2. The van der Waals surface area contributed by atoms with E-state index in [-0.39, 0.29) is 78.4 Å². The lowest BCUT2D eigenvalue weighted by Crippen LogP contribution is -2.35. The number of aryl methyl sites for hydroxylation is 2. The highest BCUT2D eigenvalue weighted by Crippen LogP contribution is 2.50. The molecule has 4 aliphatic heterocycles. The van der Waals surface area contributed by atoms with Crippen molar-refractivity contribution >= 4 is 58.6 Å². The van der Waals surface area contributed by atoms with Crippen LogP contribution in [0.1, 0.15) is 61.8 Å². The smallest absolute Gasteiger partial charge is 0.237 e. The normalized spacial score (nSPS) is 22.5. The second-order valence-corrected chi connectivity index (χ2v) is 25.0. The van der Waals surface area contributed by atoms with E-state index in [1.807, 2.05) is 147 Å². The highest BCUT2D eigenvalue weighted by Gasteiger charge is 2.61. The summed E-state index contributed by atoms with van der Waals surface area (Å²) < 4.78 is 24.0. The summed E-state index contributed by atoms with van der Waals surface area (Å²) in [6.45, 7) is 8.44. The molecule has 16 heteroatoms. The van der Waals surface area contributed by atoms with Crippen molar-refractivity contribution in [3.05, 3.63) is 216 Å². The Morgan fingerprint density at radius 3 is 0.725 bits per heavy atom. The Morgan fingerprint density at radius 1 is 0.286 bits per heavy atom. The number of carbonyl (C=O) groups is 8. The predicted molar refractivity (Wildman–Crippen MR) is 339 cm³/mol. The van der Waals surface area contributed by atoms with Gasteiger partial charge < -0.3 is 18.9 Å². The molecule has 2 aliphatic carbocycles. The summed E-state index contributed by atoms with van der Waals surface area (Å²) in [4.78, 5) is 108. The average molecular weight is 1220 g/mol. The van der Waals surface area contributed by atoms with Crippen LogP contribution in [-0.2, 0) is 43.8 Å². The third-order valence-electron chi connectivity index (χ3n) is 19.1. The van der Waals surface area contributed by atoms with Crippen molar-refractivity contribution in [3.8, 4) is 57.1 Å². The van der Waals surface area contributed by atoms with Crippen LogP contribution in [0.4, 0.5) is 11.4 Å². The molecule has 14 rings (SSSR count). The van der Waals surface area contributed by atoms with Gasteiger partial charge in [0.05, 0.1) is 58.7 Å². The molecule has 2 saturated carbocycles. The Hall–Kier alpha value is -10.5. The van der Waals surface area contributed by atoms with Crippen molar-refractivity contribution in [3.63, 3.8) is 0 Å². The summed E-state index contributed by atoms with van der Waals surface area (Å²) >= 11 is 0. The first-order valence-electron chi connectivity index (χ1n) is 30.6. The highest BCUT2D eigenvalue weighted by molar-refractivity contribution is 6.24. The zero-order valence-corrected chi connectivity index (χ0v) is 51.1. The van der Waals surface area contributed by atoms with E-state index in [1.54, 1.807) is 48.5 Å². The molecule has 16 nitrogen and oxygen atoms in total. The molecule has 0 aromatic heterocycles. The van der Waals surface area contributed by atoms with Crippen molar-refractivity contribution in [1.29, 1.82) is 0 Å². The van der Waals surface area contributed by atoms with Crippen molar-refractivity contribution in [2.45, 2.75) is 58.8 Å². The lowest BCUT2D eigenvalue weighted by Gasteiger charge is -2.28. The number of benzene rings is 8. The van der Waals surface area contributed by atoms with Gasteiger partial charge in [-0.15, -0.1) is 0 Å². The minimum absolute atomic E-state index is 0.229. The maximum Gasteiger partial charge on any atom is 0.237 e. The molecule has 6 fully saturated rings. The summed E-state index contributed by atoms with van der Waals surface area (Å²) in [6, 6.07) is 61.3. The molecule has 0 bridgehead atoms. The fourth-order valence-corrected chi connectivity index (χ4v) is 13.8. The van der Waals surface area contributed by atoms with Crippen LogP contribution < -0.4 is 28.7 Å². The maximum atomic E-state index is 13.4. The molecule has 458 valence electrons. The first-order valence-corrected chi connectivity index (χ1v) is 30.6. The van der Waals surface area contributed by atoms with Crippen LogP contribution in [-0.4, -0.2) is 71.2 Å². The van der Waals surface area contributed by atoms with Crippen molar-refractivity contribution in [2.24, 2.45) is 47.3 Å². The van der Waals surface area contributed by atoms with E-state index in [0.29, 0.717) is 34.4 Å². The zero-order valence-electron chi connectivity index (χ0n) is 51.1. The molecule has 8 aromatic rings. The van der Waals surface area contributed by atoms with Crippen LogP contribution in [0, 0.1) is 61.2 Å². The van der Waals surface area contributed by atoms with E-state index >= 15 is 0 Å². The summed E-state index contributed by atoms with van der Waals surface area (Å²) in [7, 11) is 2.94. The quantitative estimate of drug-likeness (QED) is 0.0996. The summed E-state index contributed by atoms with van der Waals surface area (Å²) in [5.41, 5.74) is 7.36. The number of amides is 8. The summed E-state index contributed by atoms with van der Waals surface area (Å²) in [6.07, 6.45) is 0.918. The van der Waals surface area contributed by atoms with Gasteiger partial charge in [0, 0.05) is 19.5 Å². The zero-order chi connectivity index (χ0) is 63.6. The third-order valence-corrected chi connectivity index (χ3v) is 19.1. The summed E-state index contributed by atoms with van der Waals surface area (Å²) in [5.74, 6) is -1.15. The van der Waals surface area contributed by atoms with Gasteiger partial charge >= 0.3 is 0 Å². The molecule has 8 amide bonds. The molecule has 0 radical (unpaired) electrons. The van der Waals surface area contributed by atoms with Crippen LogP contribution >= 0.6 is 0 Å². The van der Waals surface area contributed by atoms with Crippen molar-refractivity contribution < 1.29 is 57.3 Å². The van der Waals surface area contributed by atoms with E-state index in [4.69, 9.17) is 18.9 Å². The molecule has 8 unspecified atom stereocenters. The molecular formula is C75H66N4O12. The third kappa shape index (κ3) is 11.3. The Morgan fingerprint density at radius 2 is 0.484 bits per heavy atom. The number of ether oxygens (including phenoxy) is 4. The Labute approximate surface area is 526 Å². The number of carbonyl (C=O) groups excluding carboxylic acids is 8. The van der Waals surface area contributed by atoms with Gasteiger partial charge in [0.25, 0.3) is 0 Å². The monoisotopic (exact) mass is 1210 g/mol. The fraction of sp³-hybridized carbons (Fsp3) is 0.253. The van der Waals surface area contributed by atoms with E-state index in [1.165, 1.54) is 35.0 Å². The van der Waals surface area contributed by atoms with E-state index in [2.05, 4.69) is 26.0 Å². The van der Waals surface area contributed by atoms with Gasteiger partial charge in [0.1, 0.15) is 46.0 Å². The van der Waals surface area contributed by atoms with Gasteiger partial charge in [-0.2, -0.15) is 0 Å². The largest absolute Gasteiger partial charge is 0.457 e. The Kier molecular flexibility index (Phi) is 15.6. The number of fused-ring (bicyclic) bond motifs is 4. The van der Waals surface area contributed by atoms with Crippen LogP contribution in [0.25, 0.3) is 11.1 Å². The molecular weight excluding hydrogens is 1150 g/mol. The SMILES string of the molecule is Cc1ccc(Oc2ccc(-c3ccc(Oc4ccc(N5C(=O)C6CC7C(=O)N(C)C(=O)C7CC6C5=O)cc4)cc3)cc2)cc1.Cc1ccc(Oc2ccc(C(C)(C)c3ccc(Oc4ccc(N5C(=O)C6CC7C(=O)N(C)C(=O)C7CC6C5=O)cc4)cc3)cc2)cc1. The molecule has 91 heavy (non-hydrogen) atoms. The molecule has 4 saturated heterocycles. The van der Waals surface area contributed by atoms with Crippen LogP contribution in [0.3, 0.4) is 0 Å². The highest BCUT2D eigenvalue weighted by atomic mass is 16.5. The number of imide groups is 4. The molecule has 6 aliphatic rings. The maximum absolute atomic E-state index is 13.4. The first kappa shape index (κ1) is 59.5. The summed E-state index contributed by atoms with van der Waals surface area (Å²) in [5, 5.41) is 0. The lowest BCUT2D eigenvalue weighted by molar-refractivity contribution is -0.139. The van der Waals surface area contributed by atoms with Crippen LogP contribution in [0.5, 0.6) is 46.0 Å². The van der Waals surface area contributed by atoms with Gasteiger partial charge in [0.2, 0.25) is 47.3 Å². The fourth-order valence-electron chi connectivity index (χ4n) is 13.8. The number of likely N-dealkylation sites (tertiary alicyclic amines) is 2. The molecule has 8 atom stereocenters. The number of hydrogen-bond donors (Lipinski definition) is 0. The predicted octanol–water partition coefficient (Wildman–Crippen LogP) is 13.4. The van der Waals surface area contributed by atoms with Gasteiger partial charge in [-0.3, -0.25) is 58.0 Å². The Bertz CT molecular complexity index is 4090.